The molecule has 2 nitrogen and oxygen atoms in total. The molecule has 0 spiro atoms. The molecule has 0 N–H and O–H groups in total. The second-order valence-electron chi connectivity index (χ2n) is 12.2. The highest BCUT2D eigenvalue weighted by Gasteiger charge is 2.35. The zero-order valence-corrected chi connectivity index (χ0v) is 22.5. The van der Waals surface area contributed by atoms with Gasteiger partial charge in [0.25, 0.3) is 0 Å². The Kier molecular flexibility index (Phi) is 10.3. The Bertz CT molecular complexity index is 760. The summed E-state index contributed by atoms with van der Waals surface area (Å²) in [6, 6.07) is 11.0. The number of hydrogen-bond donors (Lipinski definition) is 0. The van der Waals surface area contributed by atoms with Gasteiger partial charge in [-0.1, -0.05) is 62.2 Å². The highest BCUT2D eigenvalue weighted by atomic mass is 16.5. The van der Waals surface area contributed by atoms with Crippen LogP contribution >= 0.6 is 0 Å². The molecular formula is C33H50O2. The molecule has 0 amide bonds. The van der Waals surface area contributed by atoms with Crippen molar-refractivity contribution in [1.82, 2.24) is 0 Å². The van der Waals surface area contributed by atoms with Gasteiger partial charge in [-0.05, 0) is 126 Å². The summed E-state index contributed by atoms with van der Waals surface area (Å²) in [6.07, 6.45) is 23.3. The van der Waals surface area contributed by atoms with Crippen molar-refractivity contribution in [2.24, 2.45) is 29.6 Å². The first-order chi connectivity index (χ1) is 17.1. The van der Waals surface area contributed by atoms with Gasteiger partial charge >= 0.3 is 5.97 Å². The minimum Gasteiger partial charge on any atom is -0.462 e. The molecule has 1 aromatic carbocycles. The molecule has 0 bridgehead atoms. The van der Waals surface area contributed by atoms with E-state index in [1.807, 2.05) is 0 Å². The zero-order valence-electron chi connectivity index (χ0n) is 22.5. The van der Waals surface area contributed by atoms with Gasteiger partial charge in [0.2, 0.25) is 0 Å². The van der Waals surface area contributed by atoms with Crippen LogP contribution in [-0.2, 0) is 9.53 Å². The van der Waals surface area contributed by atoms with Crippen molar-refractivity contribution in [2.45, 2.75) is 122 Å². The van der Waals surface area contributed by atoms with E-state index in [0.29, 0.717) is 5.92 Å². The van der Waals surface area contributed by atoms with Crippen LogP contribution in [0.1, 0.15) is 122 Å². The lowest BCUT2D eigenvalue weighted by atomic mass is 9.68. The van der Waals surface area contributed by atoms with Gasteiger partial charge in [0.15, 0.2) is 0 Å². The Balaban J connectivity index is 1.11. The van der Waals surface area contributed by atoms with Gasteiger partial charge in [-0.15, -0.1) is 0 Å². The van der Waals surface area contributed by atoms with Gasteiger partial charge in [-0.2, -0.15) is 0 Å². The van der Waals surface area contributed by atoms with Crippen LogP contribution in [0.15, 0.2) is 42.5 Å². The van der Waals surface area contributed by atoms with E-state index in [1.54, 1.807) is 0 Å². The zero-order chi connectivity index (χ0) is 24.5. The van der Waals surface area contributed by atoms with E-state index in [-0.39, 0.29) is 18.0 Å². The van der Waals surface area contributed by atoms with E-state index in [1.165, 1.54) is 76.2 Å². The number of esters is 1. The average Bonchev–Trinajstić information content (AvgIpc) is 2.91. The lowest BCUT2D eigenvalue weighted by Gasteiger charge is -2.38. The van der Waals surface area contributed by atoms with Crippen molar-refractivity contribution >= 4 is 5.97 Å². The van der Waals surface area contributed by atoms with Crippen LogP contribution < -0.4 is 0 Å². The smallest absolute Gasteiger partial charge is 0.309 e. The second-order valence-corrected chi connectivity index (χ2v) is 12.2. The minimum absolute atomic E-state index is 0.124. The first kappa shape index (κ1) is 26.5. The first-order valence-corrected chi connectivity index (χ1v) is 15.0. The van der Waals surface area contributed by atoms with Crippen molar-refractivity contribution in [3.05, 3.63) is 48.0 Å². The topological polar surface area (TPSA) is 26.3 Å². The maximum Gasteiger partial charge on any atom is 0.309 e. The summed E-state index contributed by atoms with van der Waals surface area (Å²) in [4.78, 5) is 12.9. The normalized spacial score (nSPS) is 32.9. The Morgan fingerprint density at radius 1 is 0.857 bits per heavy atom. The highest BCUT2D eigenvalue weighted by Crippen LogP contribution is 2.43. The maximum absolute atomic E-state index is 12.9. The van der Waals surface area contributed by atoms with Crippen LogP contribution in [0, 0.1) is 29.6 Å². The molecule has 0 aliphatic heterocycles. The number of carbonyl (C=O) groups excluding carboxylic acids is 1. The largest absolute Gasteiger partial charge is 0.462 e. The molecule has 4 rings (SSSR count). The number of carbonyl (C=O) groups is 1. The number of benzene rings is 1. The highest BCUT2D eigenvalue weighted by molar-refractivity contribution is 5.72. The molecule has 3 saturated carbocycles. The molecule has 2 heteroatoms. The fourth-order valence-electron chi connectivity index (χ4n) is 7.44. The molecule has 0 radical (unpaired) electrons. The third-order valence-corrected chi connectivity index (χ3v) is 9.77. The van der Waals surface area contributed by atoms with Gasteiger partial charge < -0.3 is 4.74 Å². The summed E-state index contributed by atoms with van der Waals surface area (Å²) in [5.41, 5.74) is 1.50. The molecule has 3 fully saturated rings. The fourth-order valence-corrected chi connectivity index (χ4v) is 7.44. The monoisotopic (exact) mass is 478 g/mol. The predicted molar refractivity (Wildman–Crippen MR) is 146 cm³/mol. The van der Waals surface area contributed by atoms with Crippen LogP contribution in [0.5, 0.6) is 0 Å². The third kappa shape index (κ3) is 7.96. The molecule has 0 aromatic heterocycles. The van der Waals surface area contributed by atoms with Crippen molar-refractivity contribution in [3.63, 3.8) is 0 Å². The van der Waals surface area contributed by atoms with Crippen LogP contribution in [0.2, 0.25) is 0 Å². The Morgan fingerprint density at radius 3 is 2.09 bits per heavy atom. The summed E-state index contributed by atoms with van der Waals surface area (Å²) in [5, 5.41) is 0. The maximum atomic E-state index is 12.9. The van der Waals surface area contributed by atoms with Gasteiger partial charge in [-0.25, -0.2) is 0 Å². The molecule has 0 saturated heterocycles. The molecule has 35 heavy (non-hydrogen) atoms. The van der Waals surface area contributed by atoms with Crippen molar-refractivity contribution in [1.29, 1.82) is 0 Å². The van der Waals surface area contributed by atoms with Gasteiger partial charge in [0.05, 0.1) is 5.92 Å². The third-order valence-electron chi connectivity index (χ3n) is 9.77. The predicted octanol–water partition coefficient (Wildman–Crippen LogP) is 9.25. The molecule has 0 heterocycles. The standard InChI is InChI=1S/C33H50O2/c1-3-4-6-9-26-14-22-32(23-15-26)35-33(34)31-20-18-30(19-21-31)29-16-12-27(13-17-29)24-25(2)28-10-7-5-8-11-28/h3-5,7-8,10-11,25-27,29-32H,6,9,12-24H2,1-2H3/b4-3+/t25-,26?,27?,29?,30?,31?,32?/m0/s1. The Labute approximate surface area is 215 Å². The van der Waals surface area contributed by atoms with Crippen LogP contribution in [0.3, 0.4) is 0 Å². The average molecular weight is 479 g/mol. The first-order valence-electron chi connectivity index (χ1n) is 15.0. The molecule has 0 unspecified atom stereocenters. The Hall–Kier alpha value is -1.57. The van der Waals surface area contributed by atoms with E-state index in [0.717, 1.165) is 49.4 Å². The second kappa shape index (κ2) is 13.7. The van der Waals surface area contributed by atoms with Crippen molar-refractivity contribution in [2.75, 3.05) is 0 Å². The van der Waals surface area contributed by atoms with Gasteiger partial charge in [0.1, 0.15) is 6.10 Å². The molecule has 194 valence electrons. The van der Waals surface area contributed by atoms with Gasteiger partial charge in [0, 0.05) is 0 Å². The minimum atomic E-state index is 0.124. The van der Waals surface area contributed by atoms with Gasteiger partial charge in [-0.3, -0.25) is 4.79 Å². The molecule has 3 aliphatic carbocycles. The lowest BCUT2D eigenvalue weighted by molar-refractivity contribution is -0.157. The number of hydrogen-bond acceptors (Lipinski definition) is 2. The van der Waals surface area contributed by atoms with E-state index >= 15 is 0 Å². The summed E-state index contributed by atoms with van der Waals surface area (Å²) >= 11 is 0. The lowest BCUT2D eigenvalue weighted by Crippen LogP contribution is -2.32. The van der Waals surface area contributed by atoms with E-state index in [2.05, 4.69) is 56.3 Å². The fraction of sp³-hybridized carbons (Fsp3) is 0.727. The summed E-state index contributed by atoms with van der Waals surface area (Å²) in [6.45, 7) is 4.50. The quantitative estimate of drug-likeness (QED) is 0.261. The molecule has 3 aliphatic rings. The molecular weight excluding hydrogens is 428 g/mol. The van der Waals surface area contributed by atoms with Crippen LogP contribution in [0.4, 0.5) is 0 Å². The molecule has 1 aromatic rings. The molecule has 1 atom stereocenters. The number of allylic oxidation sites excluding steroid dienone is 2. The summed E-state index contributed by atoms with van der Waals surface area (Å²) in [5.74, 6) is 4.43. The summed E-state index contributed by atoms with van der Waals surface area (Å²) < 4.78 is 6.02. The van der Waals surface area contributed by atoms with E-state index in [9.17, 15) is 4.79 Å². The number of ether oxygens (including phenoxy) is 1. The SMILES string of the molecule is C/C=C/CCC1CCC(OC(=O)C2CCC(C3CCC(C[C@H](C)c4ccccc4)CC3)CC2)CC1. The van der Waals surface area contributed by atoms with Crippen molar-refractivity contribution < 1.29 is 9.53 Å². The van der Waals surface area contributed by atoms with Crippen LogP contribution in [0.25, 0.3) is 0 Å². The summed E-state index contributed by atoms with van der Waals surface area (Å²) in [7, 11) is 0. The van der Waals surface area contributed by atoms with Crippen molar-refractivity contribution in [3.8, 4) is 0 Å². The van der Waals surface area contributed by atoms with E-state index in [4.69, 9.17) is 4.74 Å². The Morgan fingerprint density at radius 2 is 1.46 bits per heavy atom. The van der Waals surface area contributed by atoms with E-state index < -0.39 is 0 Å². The number of rotatable bonds is 9. The van der Waals surface area contributed by atoms with Crippen LogP contribution in [-0.4, -0.2) is 12.1 Å².